The highest BCUT2D eigenvalue weighted by atomic mass is 35.5. The molecule has 8 heteroatoms. The number of carboxylic acids is 2. The van der Waals surface area contributed by atoms with Gasteiger partial charge in [-0.05, 0) is 25.4 Å². The Hall–Kier alpha value is -1.53. The van der Waals surface area contributed by atoms with Crippen LogP contribution < -0.4 is 0 Å². The maximum absolute atomic E-state index is 12.4. The van der Waals surface area contributed by atoms with Crippen LogP contribution in [0.1, 0.15) is 27.7 Å². The Morgan fingerprint density at radius 1 is 1.09 bits per heavy atom. The van der Waals surface area contributed by atoms with E-state index in [0.717, 1.165) is 5.54 Å². The summed E-state index contributed by atoms with van der Waals surface area (Å²) < 4.78 is 4.69. The molecule has 0 aromatic rings. The number of halogens is 2. The van der Waals surface area contributed by atoms with Crippen LogP contribution in [0.25, 0.3) is 0 Å². The molecular formula is C14H16Cl2O6. The Morgan fingerprint density at radius 2 is 1.59 bits per heavy atom. The monoisotopic (exact) mass is 350 g/mol. The van der Waals surface area contributed by atoms with Crippen LogP contribution in [0.5, 0.6) is 0 Å². The number of carbonyl (C=O) groups excluding carboxylic acids is 1. The standard InChI is InChI=1S/C14H16Cl2O6/c1-7(2)5-13(9(17)18)12(3,4)14(13,10(19)20)11(21)22-8(16)6-15/h5-6H,1-4H3,(H,17,18)(H,19,20). The third kappa shape index (κ3) is 2.05. The first-order valence-corrected chi connectivity index (χ1v) is 7.06. The smallest absolute Gasteiger partial charge is 0.331 e. The predicted octanol–water partition coefficient (Wildman–Crippen LogP) is 2.95. The van der Waals surface area contributed by atoms with Crippen LogP contribution in [0.2, 0.25) is 0 Å². The molecule has 6 nitrogen and oxygen atoms in total. The number of rotatable bonds is 5. The normalized spacial score (nSPS) is 29.5. The molecule has 1 aliphatic carbocycles. The first kappa shape index (κ1) is 18.5. The van der Waals surface area contributed by atoms with Crippen molar-refractivity contribution in [1.29, 1.82) is 0 Å². The molecule has 0 saturated heterocycles. The van der Waals surface area contributed by atoms with Crippen LogP contribution in [-0.4, -0.2) is 28.1 Å². The van der Waals surface area contributed by atoms with E-state index in [0.29, 0.717) is 5.57 Å². The van der Waals surface area contributed by atoms with Crippen molar-refractivity contribution in [2.24, 2.45) is 16.2 Å². The topological polar surface area (TPSA) is 101 Å². The molecule has 0 spiro atoms. The highest BCUT2D eigenvalue weighted by Gasteiger charge is 2.94. The lowest BCUT2D eigenvalue weighted by molar-refractivity contribution is -0.164. The molecular weight excluding hydrogens is 335 g/mol. The van der Waals surface area contributed by atoms with Gasteiger partial charge in [0.1, 0.15) is 5.41 Å². The molecule has 0 radical (unpaired) electrons. The molecule has 122 valence electrons. The average molecular weight is 351 g/mol. The zero-order valence-electron chi connectivity index (χ0n) is 12.4. The molecule has 22 heavy (non-hydrogen) atoms. The molecule has 0 heterocycles. The van der Waals surface area contributed by atoms with E-state index in [1.165, 1.54) is 19.9 Å². The highest BCUT2D eigenvalue weighted by Crippen LogP contribution is 2.79. The van der Waals surface area contributed by atoms with E-state index in [1.54, 1.807) is 13.8 Å². The maximum atomic E-state index is 12.4. The second-order valence-corrected chi connectivity index (χ2v) is 6.41. The van der Waals surface area contributed by atoms with Gasteiger partial charge < -0.3 is 14.9 Å². The van der Waals surface area contributed by atoms with Crippen molar-refractivity contribution in [3.8, 4) is 0 Å². The van der Waals surface area contributed by atoms with Crippen LogP contribution in [-0.2, 0) is 19.1 Å². The summed E-state index contributed by atoms with van der Waals surface area (Å²) in [5.41, 5.74) is -4.36. The van der Waals surface area contributed by atoms with Gasteiger partial charge in [0.25, 0.3) is 0 Å². The number of esters is 1. The van der Waals surface area contributed by atoms with Crippen LogP contribution in [0, 0.1) is 16.2 Å². The van der Waals surface area contributed by atoms with E-state index in [2.05, 4.69) is 0 Å². The molecule has 0 aromatic carbocycles. The van der Waals surface area contributed by atoms with Gasteiger partial charge in [0, 0.05) is 5.41 Å². The molecule has 1 saturated carbocycles. The molecule has 1 fully saturated rings. The van der Waals surface area contributed by atoms with Crippen LogP contribution in [0.15, 0.2) is 22.4 Å². The molecule has 0 amide bonds. The summed E-state index contributed by atoms with van der Waals surface area (Å²) in [6.45, 7) is 5.99. The summed E-state index contributed by atoms with van der Waals surface area (Å²) in [6, 6.07) is 0. The molecule has 2 unspecified atom stereocenters. The van der Waals surface area contributed by atoms with Gasteiger partial charge in [-0.25, -0.2) is 0 Å². The minimum absolute atomic E-state index is 0.536. The Morgan fingerprint density at radius 3 is 1.91 bits per heavy atom. The largest absolute Gasteiger partial charge is 0.481 e. The van der Waals surface area contributed by atoms with Gasteiger partial charge in [-0.15, -0.1) is 0 Å². The van der Waals surface area contributed by atoms with Gasteiger partial charge in [-0.2, -0.15) is 0 Å². The SMILES string of the molecule is CC(C)=CC1(C(=O)O)C(C)(C)C1(C(=O)O)C(=O)OC(Cl)=CCl. The summed E-state index contributed by atoms with van der Waals surface area (Å²) in [7, 11) is 0. The first-order chi connectivity index (χ1) is 9.93. The van der Waals surface area contributed by atoms with Gasteiger partial charge in [-0.1, -0.05) is 37.1 Å². The molecule has 2 N–H and O–H groups in total. The van der Waals surface area contributed by atoms with E-state index in [4.69, 9.17) is 27.9 Å². The Balaban J connectivity index is 3.61. The van der Waals surface area contributed by atoms with Crippen LogP contribution >= 0.6 is 23.2 Å². The predicted molar refractivity (Wildman–Crippen MR) is 79.2 cm³/mol. The highest BCUT2D eigenvalue weighted by molar-refractivity contribution is 6.36. The minimum atomic E-state index is -2.30. The zero-order chi connectivity index (χ0) is 17.5. The van der Waals surface area contributed by atoms with Gasteiger partial charge in [0.2, 0.25) is 5.22 Å². The number of hydrogen-bond acceptors (Lipinski definition) is 4. The molecule has 2 atom stereocenters. The average Bonchev–Trinajstić information content (AvgIpc) is 2.81. The van der Waals surface area contributed by atoms with Crippen molar-refractivity contribution in [1.82, 2.24) is 0 Å². The van der Waals surface area contributed by atoms with Crippen molar-refractivity contribution in [3.63, 3.8) is 0 Å². The fraction of sp³-hybridized carbons (Fsp3) is 0.500. The third-order valence-corrected chi connectivity index (χ3v) is 4.69. The number of hydrogen-bond donors (Lipinski definition) is 2. The fourth-order valence-corrected chi connectivity index (χ4v) is 3.36. The van der Waals surface area contributed by atoms with Gasteiger partial charge >= 0.3 is 17.9 Å². The molecule has 0 bridgehead atoms. The number of carboxylic acid groups (broad SMARTS) is 2. The first-order valence-electron chi connectivity index (χ1n) is 6.24. The summed E-state index contributed by atoms with van der Waals surface area (Å²) in [6.07, 6.45) is 1.27. The lowest BCUT2D eigenvalue weighted by atomic mass is 9.90. The number of carbonyl (C=O) groups is 3. The van der Waals surface area contributed by atoms with Gasteiger partial charge in [-0.3, -0.25) is 14.4 Å². The van der Waals surface area contributed by atoms with Gasteiger partial charge in [0.05, 0.1) is 5.54 Å². The Labute approximate surface area is 137 Å². The zero-order valence-corrected chi connectivity index (χ0v) is 13.9. The maximum Gasteiger partial charge on any atom is 0.331 e. The van der Waals surface area contributed by atoms with Crippen molar-refractivity contribution in [2.75, 3.05) is 0 Å². The van der Waals surface area contributed by atoms with E-state index < -0.39 is 39.4 Å². The van der Waals surface area contributed by atoms with Crippen molar-refractivity contribution in [2.45, 2.75) is 27.7 Å². The summed E-state index contributed by atoms with van der Waals surface area (Å²) >= 11 is 10.8. The number of aliphatic carboxylic acids is 2. The summed E-state index contributed by atoms with van der Waals surface area (Å²) in [4.78, 5) is 36.0. The lowest BCUT2D eigenvalue weighted by Crippen LogP contribution is -2.36. The quantitative estimate of drug-likeness (QED) is 0.342. The van der Waals surface area contributed by atoms with E-state index >= 15 is 0 Å². The van der Waals surface area contributed by atoms with Crippen LogP contribution in [0.3, 0.4) is 0 Å². The lowest BCUT2D eigenvalue weighted by Gasteiger charge is -2.15. The van der Waals surface area contributed by atoms with Crippen molar-refractivity contribution >= 4 is 41.1 Å². The van der Waals surface area contributed by atoms with E-state index in [9.17, 15) is 24.6 Å². The molecule has 0 aliphatic heterocycles. The van der Waals surface area contributed by atoms with E-state index in [1.807, 2.05) is 0 Å². The van der Waals surface area contributed by atoms with E-state index in [-0.39, 0.29) is 0 Å². The number of allylic oxidation sites excluding steroid dienone is 1. The second-order valence-electron chi connectivity index (χ2n) is 5.82. The molecule has 1 aliphatic rings. The van der Waals surface area contributed by atoms with Crippen LogP contribution in [0.4, 0.5) is 0 Å². The molecule has 0 aromatic heterocycles. The summed E-state index contributed by atoms with van der Waals surface area (Å²) in [5, 5.41) is 18.7. The van der Waals surface area contributed by atoms with Crippen molar-refractivity contribution < 1.29 is 29.3 Å². The van der Waals surface area contributed by atoms with Crippen molar-refractivity contribution in [3.05, 3.63) is 22.4 Å². The van der Waals surface area contributed by atoms with Gasteiger partial charge in [0.15, 0.2) is 5.41 Å². The minimum Gasteiger partial charge on any atom is -0.481 e. The Bertz CT molecular complexity index is 602. The fourth-order valence-electron chi connectivity index (χ4n) is 3.25. The third-order valence-electron chi connectivity index (χ3n) is 4.20. The Kier molecular flexibility index (Phi) is 4.71. The second kappa shape index (κ2) is 5.59. The molecule has 1 rings (SSSR count). The summed E-state index contributed by atoms with van der Waals surface area (Å²) in [5.74, 6) is -4.29. The number of ether oxygens (including phenoxy) is 1.